The Morgan fingerprint density at radius 3 is 2.62 bits per heavy atom. The molecule has 0 aromatic heterocycles. The van der Waals surface area contributed by atoms with Crippen molar-refractivity contribution < 1.29 is 14.0 Å². The second-order valence-corrected chi connectivity index (χ2v) is 3.75. The number of nitrogens with one attached hydrogen (secondary N) is 1. The van der Waals surface area contributed by atoms with E-state index in [-0.39, 0.29) is 29.3 Å². The van der Waals surface area contributed by atoms with Gasteiger partial charge in [-0.25, -0.2) is 4.39 Å². The van der Waals surface area contributed by atoms with E-state index in [1.165, 1.54) is 25.1 Å². The molecule has 0 saturated heterocycles. The van der Waals surface area contributed by atoms with E-state index in [2.05, 4.69) is 5.32 Å². The quantitative estimate of drug-likeness (QED) is 0.884. The number of anilines is 1. The van der Waals surface area contributed by atoms with Crippen LogP contribution in [0.1, 0.15) is 19.8 Å². The molecule has 0 heterocycles. The number of halogens is 2. The predicted molar refractivity (Wildman–Crippen MR) is 60.0 cm³/mol. The van der Waals surface area contributed by atoms with Gasteiger partial charge in [0.2, 0.25) is 5.91 Å². The summed E-state index contributed by atoms with van der Waals surface area (Å²) in [6.07, 6.45) is 0.165. The molecule has 0 bridgehead atoms. The van der Waals surface area contributed by atoms with Crippen LogP contribution in [0.5, 0.6) is 0 Å². The monoisotopic (exact) mass is 243 g/mol. The third-order valence-electron chi connectivity index (χ3n) is 1.93. The van der Waals surface area contributed by atoms with E-state index >= 15 is 0 Å². The summed E-state index contributed by atoms with van der Waals surface area (Å²) < 4.78 is 13.2. The molecule has 1 rings (SSSR count). The molecular weight excluding hydrogens is 233 g/mol. The van der Waals surface area contributed by atoms with Crippen molar-refractivity contribution in [1.82, 2.24) is 0 Å². The molecule has 3 nitrogen and oxygen atoms in total. The molecule has 0 unspecified atom stereocenters. The number of para-hydroxylation sites is 1. The molecule has 1 N–H and O–H groups in total. The SMILES string of the molecule is CC(=O)CCC(=O)Nc1c(F)cccc1Cl. The maximum atomic E-state index is 13.2. The van der Waals surface area contributed by atoms with E-state index in [1.54, 1.807) is 0 Å². The first-order valence-corrected chi connectivity index (χ1v) is 5.12. The first kappa shape index (κ1) is 12.6. The minimum atomic E-state index is -0.594. The zero-order chi connectivity index (χ0) is 12.1. The Morgan fingerprint density at radius 1 is 1.38 bits per heavy atom. The van der Waals surface area contributed by atoms with E-state index in [4.69, 9.17) is 11.6 Å². The van der Waals surface area contributed by atoms with Crippen molar-refractivity contribution in [3.63, 3.8) is 0 Å². The second-order valence-electron chi connectivity index (χ2n) is 3.35. The van der Waals surface area contributed by atoms with Crippen LogP contribution in [0.2, 0.25) is 5.02 Å². The summed E-state index contributed by atoms with van der Waals surface area (Å²) in [6, 6.07) is 4.13. The smallest absolute Gasteiger partial charge is 0.224 e. The molecule has 0 fully saturated rings. The summed E-state index contributed by atoms with van der Waals surface area (Å²) in [7, 11) is 0. The molecule has 86 valence electrons. The van der Waals surface area contributed by atoms with E-state index in [0.29, 0.717) is 0 Å². The number of benzene rings is 1. The van der Waals surface area contributed by atoms with Gasteiger partial charge in [-0.15, -0.1) is 0 Å². The van der Waals surface area contributed by atoms with Crippen molar-refractivity contribution in [3.05, 3.63) is 29.0 Å². The molecule has 0 atom stereocenters. The molecule has 1 aromatic carbocycles. The lowest BCUT2D eigenvalue weighted by molar-refractivity contribution is -0.121. The first-order chi connectivity index (χ1) is 7.50. The number of hydrogen-bond donors (Lipinski definition) is 1. The van der Waals surface area contributed by atoms with Crippen LogP contribution in [0.3, 0.4) is 0 Å². The molecule has 1 amide bonds. The van der Waals surface area contributed by atoms with Crippen molar-refractivity contribution in [1.29, 1.82) is 0 Å². The van der Waals surface area contributed by atoms with Gasteiger partial charge in [-0.2, -0.15) is 0 Å². The van der Waals surface area contributed by atoms with Crippen LogP contribution in [0.25, 0.3) is 0 Å². The molecule has 1 aromatic rings. The Balaban J connectivity index is 2.66. The Hall–Kier alpha value is -1.42. The number of ketones is 1. The Labute approximate surface area is 97.6 Å². The number of amides is 1. The molecule has 0 aliphatic carbocycles. The maximum Gasteiger partial charge on any atom is 0.224 e. The number of Topliss-reactive ketones (excluding diaryl/α,β-unsaturated/α-hetero) is 1. The topological polar surface area (TPSA) is 46.2 Å². The molecule has 0 saturated carbocycles. The summed E-state index contributed by atoms with van der Waals surface area (Å²) in [5.74, 6) is -1.11. The Kier molecular flexibility index (Phi) is 4.43. The number of rotatable bonds is 4. The van der Waals surface area contributed by atoms with Crippen LogP contribution >= 0.6 is 11.6 Å². The molecule has 0 spiro atoms. The van der Waals surface area contributed by atoms with Gasteiger partial charge in [0.25, 0.3) is 0 Å². The third-order valence-corrected chi connectivity index (χ3v) is 2.25. The fourth-order valence-corrected chi connectivity index (χ4v) is 1.32. The summed E-state index contributed by atoms with van der Waals surface area (Å²) in [6.45, 7) is 1.39. The Bertz CT molecular complexity index is 400. The lowest BCUT2D eigenvalue weighted by Crippen LogP contribution is -2.13. The van der Waals surface area contributed by atoms with Crippen LogP contribution < -0.4 is 5.32 Å². The number of carbonyl (C=O) groups excluding carboxylic acids is 2. The highest BCUT2D eigenvalue weighted by Crippen LogP contribution is 2.24. The normalized spacial score (nSPS) is 9.94. The molecular formula is C11H11ClFNO2. The molecule has 16 heavy (non-hydrogen) atoms. The van der Waals surface area contributed by atoms with Crippen molar-refractivity contribution in [3.8, 4) is 0 Å². The van der Waals surface area contributed by atoms with Gasteiger partial charge in [-0.05, 0) is 19.1 Å². The highest BCUT2D eigenvalue weighted by molar-refractivity contribution is 6.33. The Morgan fingerprint density at radius 2 is 2.06 bits per heavy atom. The predicted octanol–water partition coefficient (Wildman–Crippen LogP) is 2.79. The van der Waals surface area contributed by atoms with E-state index in [9.17, 15) is 14.0 Å². The largest absolute Gasteiger partial charge is 0.322 e. The van der Waals surface area contributed by atoms with Gasteiger partial charge in [0, 0.05) is 12.8 Å². The van der Waals surface area contributed by atoms with Gasteiger partial charge in [0.15, 0.2) is 0 Å². The third kappa shape index (κ3) is 3.62. The highest BCUT2D eigenvalue weighted by atomic mass is 35.5. The standard InChI is InChI=1S/C11H11ClFNO2/c1-7(15)5-6-10(16)14-11-8(12)3-2-4-9(11)13/h2-4H,5-6H2,1H3,(H,14,16). The average Bonchev–Trinajstić information content (AvgIpc) is 2.21. The van der Waals surface area contributed by atoms with Crippen LogP contribution in [0.4, 0.5) is 10.1 Å². The lowest BCUT2D eigenvalue weighted by atomic mass is 10.2. The van der Waals surface area contributed by atoms with Gasteiger partial charge in [0.05, 0.1) is 10.7 Å². The van der Waals surface area contributed by atoms with Crippen molar-refractivity contribution >= 4 is 29.0 Å². The zero-order valence-corrected chi connectivity index (χ0v) is 9.47. The minimum absolute atomic E-state index is 0.0278. The fourth-order valence-electron chi connectivity index (χ4n) is 1.11. The lowest BCUT2D eigenvalue weighted by Gasteiger charge is -2.07. The summed E-state index contributed by atoms with van der Waals surface area (Å²) in [5.41, 5.74) is -0.0438. The second kappa shape index (κ2) is 5.61. The summed E-state index contributed by atoms with van der Waals surface area (Å²) >= 11 is 5.71. The van der Waals surface area contributed by atoms with Crippen LogP contribution in [-0.4, -0.2) is 11.7 Å². The highest BCUT2D eigenvalue weighted by Gasteiger charge is 2.10. The van der Waals surface area contributed by atoms with E-state index in [0.717, 1.165) is 0 Å². The minimum Gasteiger partial charge on any atom is -0.322 e. The van der Waals surface area contributed by atoms with Gasteiger partial charge >= 0.3 is 0 Å². The van der Waals surface area contributed by atoms with Crippen molar-refractivity contribution in [2.24, 2.45) is 0 Å². The van der Waals surface area contributed by atoms with Gasteiger partial charge in [0.1, 0.15) is 11.6 Å². The van der Waals surface area contributed by atoms with Crippen LogP contribution in [-0.2, 0) is 9.59 Å². The zero-order valence-electron chi connectivity index (χ0n) is 8.72. The fraction of sp³-hybridized carbons (Fsp3) is 0.273. The van der Waals surface area contributed by atoms with Crippen molar-refractivity contribution in [2.45, 2.75) is 19.8 Å². The maximum absolute atomic E-state index is 13.2. The van der Waals surface area contributed by atoms with Crippen LogP contribution in [0, 0.1) is 5.82 Å². The average molecular weight is 244 g/mol. The first-order valence-electron chi connectivity index (χ1n) is 4.74. The summed E-state index contributed by atoms with van der Waals surface area (Å²) in [5, 5.41) is 2.47. The molecule has 0 aliphatic rings. The van der Waals surface area contributed by atoms with Gasteiger partial charge in [-0.3, -0.25) is 4.79 Å². The molecule has 0 radical (unpaired) electrons. The van der Waals surface area contributed by atoms with Gasteiger partial charge in [-0.1, -0.05) is 17.7 Å². The number of hydrogen-bond acceptors (Lipinski definition) is 2. The molecule has 5 heteroatoms. The van der Waals surface area contributed by atoms with Gasteiger partial charge < -0.3 is 10.1 Å². The van der Waals surface area contributed by atoms with Crippen molar-refractivity contribution in [2.75, 3.05) is 5.32 Å². The van der Waals surface area contributed by atoms with Crippen LogP contribution in [0.15, 0.2) is 18.2 Å². The van der Waals surface area contributed by atoms with E-state index < -0.39 is 11.7 Å². The summed E-state index contributed by atoms with van der Waals surface area (Å²) in [4.78, 5) is 22.0. The molecule has 0 aliphatic heterocycles. The number of carbonyl (C=O) groups is 2. The van der Waals surface area contributed by atoms with E-state index in [1.807, 2.05) is 0 Å².